The third kappa shape index (κ3) is 7.08. The zero-order chi connectivity index (χ0) is 14.5. The van der Waals surface area contributed by atoms with E-state index in [1.807, 2.05) is 32.9 Å². The molecule has 0 saturated heterocycles. The number of hydrogen-bond acceptors (Lipinski definition) is 3. The lowest BCUT2D eigenvalue weighted by molar-refractivity contribution is -0.117. The molecule has 1 aromatic carbocycles. The predicted molar refractivity (Wildman–Crippen MR) is 78.6 cm³/mol. The molecule has 0 heterocycles. The number of benzene rings is 1. The van der Waals surface area contributed by atoms with Gasteiger partial charge in [-0.3, -0.25) is 10.1 Å². The van der Waals surface area contributed by atoms with Crippen LogP contribution in [0.1, 0.15) is 20.8 Å². The van der Waals surface area contributed by atoms with E-state index in [9.17, 15) is 9.59 Å². The summed E-state index contributed by atoms with van der Waals surface area (Å²) >= 11 is 7.11. The van der Waals surface area contributed by atoms with Crippen molar-refractivity contribution in [2.75, 3.05) is 5.75 Å². The highest BCUT2D eigenvalue weighted by atomic mass is 35.5. The molecule has 4 nitrogen and oxygen atoms in total. The molecule has 1 rings (SSSR count). The Morgan fingerprint density at radius 1 is 1.21 bits per heavy atom. The van der Waals surface area contributed by atoms with E-state index in [1.165, 1.54) is 11.8 Å². The quantitative estimate of drug-likeness (QED) is 0.844. The number of urea groups is 1. The Bertz CT molecular complexity index is 455. The Balaban J connectivity index is 2.36. The van der Waals surface area contributed by atoms with Crippen LogP contribution in [-0.4, -0.2) is 23.2 Å². The summed E-state index contributed by atoms with van der Waals surface area (Å²) in [6.07, 6.45) is 0. The first-order valence-corrected chi connectivity index (χ1v) is 7.13. The van der Waals surface area contributed by atoms with E-state index in [-0.39, 0.29) is 17.2 Å². The molecule has 0 aromatic heterocycles. The Morgan fingerprint density at radius 2 is 1.79 bits per heavy atom. The fraction of sp³-hybridized carbons (Fsp3) is 0.385. The van der Waals surface area contributed by atoms with E-state index in [0.29, 0.717) is 5.02 Å². The molecule has 0 aliphatic carbocycles. The molecule has 0 aliphatic heterocycles. The van der Waals surface area contributed by atoms with E-state index in [4.69, 9.17) is 11.6 Å². The molecule has 3 amide bonds. The standard InChI is InChI=1S/C13H17ClN2O2S/c1-13(2,3)16-12(18)15-11(17)8-19-10-6-4-9(14)5-7-10/h4-7H,8H2,1-3H3,(H2,15,16,17,18). The number of hydrogen-bond donors (Lipinski definition) is 2. The topological polar surface area (TPSA) is 58.2 Å². The van der Waals surface area contributed by atoms with E-state index in [2.05, 4.69) is 10.6 Å². The number of carbonyl (C=O) groups excluding carboxylic acids is 2. The van der Waals surface area contributed by atoms with Gasteiger partial charge in [0.05, 0.1) is 5.75 Å². The van der Waals surface area contributed by atoms with Crippen molar-refractivity contribution in [1.29, 1.82) is 0 Å². The molecule has 104 valence electrons. The van der Waals surface area contributed by atoms with Crippen molar-refractivity contribution in [3.63, 3.8) is 0 Å². The number of amides is 3. The Hall–Kier alpha value is -1.20. The molecule has 6 heteroatoms. The van der Waals surface area contributed by atoms with E-state index >= 15 is 0 Å². The van der Waals surface area contributed by atoms with Crippen molar-refractivity contribution in [2.45, 2.75) is 31.2 Å². The van der Waals surface area contributed by atoms with E-state index in [0.717, 1.165) is 4.90 Å². The number of halogens is 1. The highest BCUT2D eigenvalue weighted by Gasteiger charge is 2.15. The molecule has 0 spiro atoms. The minimum Gasteiger partial charge on any atom is -0.333 e. The summed E-state index contributed by atoms with van der Waals surface area (Å²) in [4.78, 5) is 23.9. The Labute approximate surface area is 122 Å². The summed E-state index contributed by atoms with van der Waals surface area (Å²) in [6.45, 7) is 5.54. The van der Waals surface area contributed by atoms with Gasteiger partial charge in [0.25, 0.3) is 0 Å². The molecule has 0 saturated carbocycles. The van der Waals surface area contributed by atoms with Crippen molar-refractivity contribution < 1.29 is 9.59 Å². The number of rotatable bonds is 3. The Kier molecular flexibility index (Phi) is 5.69. The fourth-order valence-electron chi connectivity index (χ4n) is 1.21. The number of imide groups is 1. The first-order valence-electron chi connectivity index (χ1n) is 5.76. The molecule has 19 heavy (non-hydrogen) atoms. The maximum absolute atomic E-state index is 11.6. The van der Waals surface area contributed by atoms with Gasteiger partial charge in [0.2, 0.25) is 5.91 Å². The second-order valence-corrected chi connectivity index (χ2v) is 6.48. The zero-order valence-corrected chi connectivity index (χ0v) is 12.7. The number of nitrogens with one attached hydrogen (secondary N) is 2. The van der Waals surface area contributed by atoms with E-state index in [1.54, 1.807) is 12.1 Å². The molecule has 0 aliphatic rings. The third-order valence-electron chi connectivity index (χ3n) is 1.93. The van der Waals surface area contributed by atoms with Crippen LogP contribution in [0.15, 0.2) is 29.2 Å². The predicted octanol–water partition coefficient (Wildman–Crippen LogP) is 3.06. The lowest BCUT2D eigenvalue weighted by Gasteiger charge is -2.20. The average Bonchev–Trinajstić information content (AvgIpc) is 2.25. The van der Waals surface area contributed by atoms with Crippen LogP contribution in [0.2, 0.25) is 5.02 Å². The van der Waals surface area contributed by atoms with Crippen LogP contribution in [0, 0.1) is 0 Å². The highest BCUT2D eigenvalue weighted by molar-refractivity contribution is 8.00. The maximum Gasteiger partial charge on any atom is 0.321 e. The Morgan fingerprint density at radius 3 is 2.32 bits per heavy atom. The molecule has 0 atom stereocenters. The van der Waals surface area contributed by atoms with Gasteiger partial charge in [0.15, 0.2) is 0 Å². The highest BCUT2D eigenvalue weighted by Crippen LogP contribution is 2.19. The molecule has 0 unspecified atom stereocenters. The van der Waals surface area contributed by atoms with Crippen LogP contribution in [-0.2, 0) is 4.79 Å². The summed E-state index contributed by atoms with van der Waals surface area (Å²) < 4.78 is 0. The normalized spacial score (nSPS) is 10.9. The van der Waals surface area contributed by atoms with Gasteiger partial charge in [-0.05, 0) is 45.0 Å². The lowest BCUT2D eigenvalue weighted by atomic mass is 10.1. The summed E-state index contributed by atoms with van der Waals surface area (Å²) in [6, 6.07) is 6.70. The zero-order valence-electron chi connectivity index (χ0n) is 11.1. The molecular weight excluding hydrogens is 284 g/mol. The van der Waals surface area contributed by atoms with Gasteiger partial charge in [-0.1, -0.05) is 11.6 Å². The number of carbonyl (C=O) groups is 2. The van der Waals surface area contributed by atoms with Gasteiger partial charge in [-0.25, -0.2) is 4.79 Å². The van der Waals surface area contributed by atoms with Gasteiger partial charge < -0.3 is 5.32 Å². The monoisotopic (exact) mass is 300 g/mol. The molecule has 0 fully saturated rings. The minimum absolute atomic E-state index is 0.180. The second-order valence-electron chi connectivity index (χ2n) is 4.99. The van der Waals surface area contributed by atoms with Crippen molar-refractivity contribution >= 4 is 35.3 Å². The van der Waals surface area contributed by atoms with Crippen LogP contribution in [0.3, 0.4) is 0 Å². The van der Waals surface area contributed by atoms with Crippen LogP contribution in [0.25, 0.3) is 0 Å². The largest absolute Gasteiger partial charge is 0.333 e. The first kappa shape index (κ1) is 15.9. The van der Waals surface area contributed by atoms with Crippen molar-refractivity contribution in [3.05, 3.63) is 29.3 Å². The van der Waals surface area contributed by atoms with Gasteiger partial charge >= 0.3 is 6.03 Å². The smallest absolute Gasteiger partial charge is 0.321 e. The summed E-state index contributed by atoms with van der Waals surface area (Å²) in [5.74, 6) is -0.152. The summed E-state index contributed by atoms with van der Waals surface area (Å²) in [5, 5.41) is 5.59. The van der Waals surface area contributed by atoms with Crippen LogP contribution < -0.4 is 10.6 Å². The van der Waals surface area contributed by atoms with Crippen LogP contribution in [0.4, 0.5) is 4.79 Å². The van der Waals surface area contributed by atoms with Gasteiger partial charge in [-0.15, -0.1) is 11.8 Å². The molecular formula is C13H17ClN2O2S. The van der Waals surface area contributed by atoms with Crippen molar-refractivity contribution in [2.24, 2.45) is 0 Å². The number of thioether (sulfide) groups is 1. The van der Waals surface area contributed by atoms with Crippen molar-refractivity contribution in [1.82, 2.24) is 10.6 Å². The molecule has 2 N–H and O–H groups in total. The first-order chi connectivity index (χ1) is 8.76. The minimum atomic E-state index is -0.478. The molecule has 1 aromatic rings. The van der Waals surface area contributed by atoms with Gasteiger partial charge in [0.1, 0.15) is 0 Å². The van der Waals surface area contributed by atoms with Crippen LogP contribution in [0.5, 0.6) is 0 Å². The summed E-state index contributed by atoms with van der Waals surface area (Å²) in [7, 11) is 0. The third-order valence-corrected chi connectivity index (χ3v) is 3.19. The molecule has 0 bridgehead atoms. The molecule has 0 radical (unpaired) electrons. The average molecular weight is 301 g/mol. The maximum atomic E-state index is 11.6. The lowest BCUT2D eigenvalue weighted by Crippen LogP contribution is -2.48. The van der Waals surface area contributed by atoms with E-state index < -0.39 is 6.03 Å². The summed E-state index contributed by atoms with van der Waals surface area (Å²) in [5.41, 5.74) is -0.367. The van der Waals surface area contributed by atoms with Gasteiger partial charge in [-0.2, -0.15) is 0 Å². The second kappa shape index (κ2) is 6.82. The van der Waals surface area contributed by atoms with Gasteiger partial charge in [0, 0.05) is 15.5 Å². The SMILES string of the molecule is CC(C)(C)NC(=O)NC(=O)CSc1ccc(Cl)cc1. The van der Waals surface area contributed by atoms with Crippen LogP contribution >= 0.6 is 23.4 Å². The fourth-order valence-corrected chi connectivity index (χ4v) is 2.04. The van der Waals surface area contributed by atoms with Crippen molar-refractivity contribution in [3.8, 4) is 0 Å².